The van der Waals surface area contributed by atoms with Crippen LogP contribution in [-0.4, -0.2) is 46.0 Å². The molecule has 0 aromatic rings. The van der Waals surface area contributed by atoms with Crippen LogP contribution in [0.4, 0.5) is 0 Å². The van der Waals surface area contributed by atoms with Crippen LogP contribution in [0.2, 0.25) is 0 Å². The fourth-order valence-electron chi connectivity index (χ4n) is 2.74. The fourth-order valence-corrected chi connectivity index (χ4v) is 4.46. The normalized spacial score (nSPS) is 29.1. The number of hydrogen-bond donors (Lipinski definition) is 2. The SMILES string of the molecule is CC(NS(=O)(=O)C1CCOCC1)C1CCCNC1. The molecule has 0 aromatic heterocycles. The fraction of sp³-hybridized carbons (Fsp3) is 1.00. The van der Waals surface area contributed by atoms with E-state index in [2.05, 4.69) is 10.0 Å². The molecule has 2 atom stereocenters. The summed E-state index contributed by atoms with van der Waals surface area (Å²) < 4.78 is 32.6. The Balaban J connectivity index is 1.89. The molecule has 0 aromatic carbocycles. The Morgan fingerprint density at radius 3 is 2.61 bits per heavy atom. The van der Waals surface area contributed by atoms with E-state index in [0.29, 0.717) is 32.0 Å². The van der Waals surface area contributed by atoms with Crippen LogP contribution in [0.1, 0.15) is 32.6 Å². The molecule has 0 radical (unpaired) electrons. The summed E-state index contributed by atoms with van der Waals surface area (Å²) in [4.78, 5) is 0. The van der Waals surface area contributed by atoms with Gasteiger partial charge in [-0.05, 0) is 51.6 Å². The van der Waals surface area contributed by atoms with E-state index in [1.54, 1.807) is 0 Å². The van der Waals surface area contributed by atoms with Gasteiger partial charge >= 0.3 is 0 Å². The van der Waals surface area contributed by atoms with Crippen molar-refractivity contribution in [2.45, 2.75) is 43.9 Å². The first kappa shape index (κ1) is 14.2. The van der Waals surface area contributed by atoms with Crippen molar-refractivity contribution in [3.05, 3.63) is 0 Å². The van der Waals surface area contributed by atoms with Gasteiger partial charge in [0, 0.05) is 19.3 Å². The largest absolute Gasteiger partial charge is 0.381 e. The van der Waals surface area contributed by atoms with Gasteiger partial charge in [-0.3, -0.25) is 0 Å². The molecule has 18 heavy (non-hydrogen) atoms. The van der Waals surface area contributed by atoms with Crippen LogP contribution < -0.4 is 10.0 Å². The summed E-state index contributed by atoms with van der Waals surface area (Å²) in [5.41, 5.74) is 0. The van der Waals surface area contributed by atoms with Gasteiger partial charge in [0.1, 0.15) is 0 Å². The Labute approximate surface area is 110 Å². The summed E-state index contributed by atoms with van der Waals surface area (Å²) in [6.45, 7) is 5.07. The summed E-state index contributed by atoms with van der Waals surface area (Å²) in [5.74, 6) is 0.411. The second-order valence-electron chi connectivity index (χ2n) is 5.37. The summed E-state index contributed by atoms with van der Waals surface area (Å²) in [7, 11) is -3.19. The minimum atomic E-state index is -3.19. The molecule has 0 saturated carbocycles. The van der Waals surface area contributed by atoms with Gasteiger partial charge in [0.15, 0.2) is 0 Å². The maximum atomic E-state index is 12.3. The molecule has 0 aliphatic carbocycles. The minimum Gasteiger partial charge on any atom is -0.381 e. The molecule has 0 spiro atoms. The van der Waals surface area contributed by atoms with Crippen LogP contribution in [0.25, 0.3) is 0 Å². The summed E-state index contributed by atoms with van der Waals surface area (Å²) in [6.07, 6.45) is 3.47. The lowest BCUT2D eigenvalue weighted by atomic mass is 9.94. The zero-order chi connectivity index (χ0) is 13.0. The Bertz CT molecular complexity index is 346. The van der Waals surface area contributed by atoms with Crippen molar-refractivity contribution in [1.82, 2.24) is 10.0 Å². The number of sulfonamides is 1. The van der Waals surface area contributed by atoms with Crippen LogP contribution in [0, 0.1) is 5.92 Å². The van der Waals surface area contributed by atoms with Crippen LogP contribution >= 0.6 is 0 Å². The molecule has 2 unspecified atom stereocenters. The first-order valence-electron chi connectivity index (χ1n) is 6.89. The molecule has 2 saturated heterocycles. The predicted octanol–water partition coefficient (Wildman–Crippen LogP) is 0.473. The number of piperidine rings is 1. The molecule has 2 aliphatic heterocycles. The van der Waals surface area contributed by atoms with E-state index in [1.165, 1.54) is 0 Å². The molecule has 2 fully saturated rings. The van der Waals surface area contributed by atoms with Gasteiger partial charge in [-0.2, -0.15) is 0 Å². The highest BCUT2D eigenvalue weighted by Crippen LogP contribution is 2.19. The monoisotopic (exact) mass is 276 g/mol. The molecule has 5 nitrogen and oxygen atoms in total. The van der Waals surface area contributed by atoms with E-state index in [-0.39, 0.29) is 11.3 Å². The summed E-state index contributed by atoms with van der Waals surface area (Å²) in [6, 6.07) is 0.0191. The molecule has 0 bridgehead atoms. The molecule has 6 heteroatoms. The number of ether oxygens (including phenoxy) is 1. The van der Waals surface area contributed by atoms with Crippen molar-refractivity contribution in [3.8, 4) is 0 Å². The number of nitrogens with one attached hydrogen (secondary N) is 2. The Morgan fingerprint density at radius 2 is 2.00 bits per heavy atom. The summed E-state index contributed by atoms with van der Waals surface area (Å²) in [5, 5.41) is 3.05. The lowest BCUT2D eigenvalue weighted by molar-refractivity contribution is 0.0980. The molecule has 0 amide bonds. The topological polar surface area (TPSA) is 67.4 Å². The number of hydrogen-bond acceptors (Lipinski definition) is 4. The van der Waals surface area contributed by atoms with Crippen LogP contribution in [0.3, 0.4) is 0 Å². The second kappa shape index (κ2) is 6.32. The van der Waals surface area contributed by atoms with E-state index >= 15 is 0 Å². The molecule has 106 valence electrons. The Hall–Kier alpha value is -0.170. The second-order valence-corrected chi connectivity index (χ2v) is 7.36. The zero-order valence-corrected chi connectivity index (χ0v) is 11.8. The van der Waals surface area contributed by atoms with Crippen molar-refractivity contribution < 1.29 is 13.2 Å². The standard InChI is InChI=1S/C12H24N2O3S/c1-10(11-3-2-6-13-9-11)14-18(15,16)12-4-7-17-8-5-12/h10-14H,2-9H2,1H3. The maximum absolute atomic E-state index is 12.3. The van der Waals surface area contributed by atoms with Crippen LogP contribution in [0.5, 0.6) is 0 Å². The molecular weight excluding hydrogens is 252 g/mol. The van der Waals surface area contributed by atoms with Gasteiger partial charge in [0.2, 0.25) is 10.0 Å². The van der Waals surface area contributed by atoms with Gasteiger partial charge in [-0.15, -0.1) is 0 Å². The van der Waals surface area contributed by atoms with Gasteiger partial charge in [0.05, 0.1) is 5.25 Å². The molecular formula is C12H24N2O3S. The maximum Gasteiger partial charge on any atom is 0.214 e. The van der Waals surface area contributed by atoms with Gasteiger partial charge < -0.3 is 10.1 Å². The average molecular weight is 276 g/mol. The highest BCUT2D eigenvalue weighted by molar-refractivity contribution is 7.90. The quantitative estimate of drug-likeness (QED) is 0.783. The molecule has 2 heterocycles. The summed E-state index contributed by atoms with van der Waals surface area (Å²) >= 11 is 0. The highest BCUT2D eigenvalue weighted by atomic mass is 32.2. The zero-order valence-electron chi connectivity index (χ0n) is 11.0. The van der Waals surface area contributed by atoms with E-state index < -0.39 is 10.0 Å². The van der Waals surface area contributed by atoms with Crippen molar-refractivity contribution in [3.63, 3.8) is 0 Å². The molecule has 2 aliphatic rings. The minimum absolute atomic E-state index is 0.0191. The Morgan fingerprint density at radius 1 is 1.28 bits per heavy atom. The molecule has 2 rings (SSSR count). The number of rotatable bonds is 4. The van der Waals surface area contributed by atoms with E-state index in [1.807, 2.05) is 6.92 Å². The van der Waals surface area contributed by atoms with E-state index in [0.717, 1.165) is 25.9 Å². The average Bonchev–Trinajstić information content (AvgIpc) is 2.40. The van der Waals surface area contributed by atoms with E-state index in [4.69, 9.17) is 4.74 Å². The highest BCUT2D eigenvalue weighted by Gasteiger charge is 2.31. The lowest BCUT2D eigenvalue weighted by Crippen LogP contribution is -2.48. The van der Waals surface area contributed by atoms with Crippen LogP contribution in [0.15, 0.2) is 0 Å². The van der Waals surface area contributed by atoms with Crippen molar-refractivity contribution in [2.75, 3.05) is 26.3 Å². The third-order valence-corrected chi connectivity index (χ3v) is 6.05. The Kier molecular flexibility index (Phi) is 5.00. The van der Waals surface area contributed by atoms with Crippen molar-refractivity contribution in [1.29, 1.82) is 0 Å². The van der Waals surface area contributed by atoms with Gasteiger partial charge in [-0.25, -0.2) is 13.1 Å². The van der Waals surface area contributed by atoms with E-state index in [9.17, 15) is 8.42 Å². The third-order valence-electron chi connectivity index (χ3n) is 4.00. The van der Waals surface area contributed by atoms with Crippen LogP contribution in [-0.2, 0) is 14.8 Å². The van der Waals surface area contributed by atoms with Gasteiger partial charge in [-0.1, -0.05) is 0 Å². The van der Waals surface area contributed by atoms with Crippen molar-refractivity contribution >= 4 is 10.0 Å². The first-order valence-corrected chi connectivity index (χ1v) is 8.44. The molecule has 2 N–H and O–H groups in total. The smallest absolute Gasteiger partial charge is 0.214 e. The lowest BCUT2D eigenvalue weighted by Gasteiger charge is -2.31. The van der Waals surface area contributed by atoms with Crippen molar-refractivity contribution in [2.24, 2.45) is 5.92 Å². The first-order chi connectivity index (χ1) is 8.59. The van der Waals surface area contributed by atoms with Gasteiger partial charge in [0.25, 0.3) is 0 Å². The third kappa shape index (κ3) is 3.66. The predicted molar refractivity (Wildman–Crippen MR) is 71.0 cm³/mol.